The third kappa shape index (κ3) is 6.32. The van der Waals surface area contributed by atoms with E-state index in [0.717, 1.165) is 23.9 Å². The number of hydrogen-bond donors (Lipinski definition) is 3. The Bertz CT molecular complexity index is 553. The highest BCUT2D eigenvalue weighted by Gasteiger charge is 2.17. The van der Waals surface area contributed by atoms with Gasteiger partial charge in [-0.05, 0) is 50.2 Å². The van der Waals surface area contributed by atoms with Crippen molar-refractivity contribution in [3.05, 3.63) is 28.7 Å². The lowest BCUT2D eigenvalue weighted by Gasteiger charge is -2.17. The van der Waals surface area contributed by atoms with Crippen LogP contribution in [0.2, 0.25) is 0 Å². The number of benzene rings is 1. The van der Waals surface area contributed by atoms with Gasteiger partial charge in [0.2, 0.25) is 0 Å². The van der Waals surface area contributed by atoms with E-state index < -0.39 is 6.10 Å². The van der Waals surface area contributed by atoms with Gasteiger partial charge in [-0.25, -0.2) is 0 Å². The first-order chi connectivity index (χ1) is 11.0. The molecule has 1 heterocycles. The second kappa shape index (κ2) is 9.05. The maximum atomic E-state index is 12.0. The number of amides is 1. The molecule has 2 atom stereocenters. The third-order valence-corrected chi connectivity index (χ3v) is 4.03. The smallest absolute Gasteiger partial charge is 0.279 e. The monoisotopic (exact) mass is 401 g/mol. The number of thiocarbonyl (C=S) groups is 1. The van der Waals surface area contributed by atoms with E-state index in [1.165, 1.54) is 0 Å². The van der Waals surface area contributed by atoms with Crippen LogP contribution in [0.5, 0.6) is 5.75 Å². The van der Waals surface area contributed by atoms with Gasteiger partial charge in [-0.3, -0.25) is 15.6 Å². The van der Waals surface area contributed by atoms with E-state index in [2.05, 4.69) is 32.1 Å². The van der Waals surface area contributed by atoms with Crippen molar-refractivity contribution < 1.29 is 14.3 Å². The Morgan fingerprint density at radius 3 is 3.04 bits per heavy atom. The van der Waals surface area contributed by atoms with Crippen LogP contribution >= 0.6 is 28.1 Å². The molecule has 1 saturated heterocycles. The first-order valence-corrected chi connectivity index (χ1v) is 8.62. The highest BCUT2D eigenvalue weighted by atomic mass is 79.9. The number of nitrogens with one attached hydrogen (secondary N) is 3. The maximum absolute atomic E-state index is 12.0. The van der Waals surface area contributed by atoms with Crippen LogP contribution < -0.4 is 20.9 Å². The molecule has 0 aliphatic carbocycles. The average molecular weight is 402 g/mol. The highest BCUT2D eigenvalue weighted by Crippen LogP contribution is 2.18. The summed E-state index contributed by atoms with van der Waals surface area (Å²) in [6, 6.07) is 7.31. The number of carbonyl (C=O) groups excluding carboxylic acids is 1. The summed E-state index contributed by atoms with van der Waals surface area (Å²) in [5.74, 6) is 0.298. The molecule has 0 spiro atoms. The number of ether oxygens (including phenoxy) is 2. The number of hydrazine groups is 1. The predicted molar refractivity (Wildman–Crippen MR) is 95.1 cm³/mol. The fraction of sp³-hybridized carbons (Fsp3) is 0.467. The molecule has 126 valence electrons. The Morgan fingerprint density at radius 2 is 2.35 bits per heavy atom. The Hall–Kier alpha value is -1.38. The molecule has 0 unspecified atom stereocenters. The van der Waals surface area contributed by atoms with Gasteiger partial charge in [0.25, 0.3) is 5.91 Å². The molecule has 0 saturated carbocycles. The largest absolute Gasteiger partial charge is 0.481 e. The minimum Gasteiger partial charge on any atom is -0.481 e. The molecule has 1 fully saturated rings. The lowest BCUT2D eigenvalue weighted by molar-refractivity contribution is -0.127. The van der Waals surface area contributed by atoms with E-state index >= 15 is 0 Å². The van der Waals surface area contributed by atoms with Crippen molar-refractivity contribution in [3.63, 3.8) is 0 Å². The molecule has 1 aromatic carbocycles. The summed E-state index contributed by atoms with van der Waals surface area (Å²) >= 11 is 8.46. The molecule has 1 aliphatic rings. The number of carbonyl (C=O) groups is 1. The van der Waals surface area contributed by atoms with Crippen LogP contribution in [-0.2, 0) is 9.53 Å². The molecule has 1 aliphatic heterocycles. The molecular weight excluding hydrogens is 382 g/mol. The lowest BCUT2D eigenvalue weighted by atomic mass is 10.2. The van der Waals surface area contributed by atoms with Crippen molar-refractivity contribution in [2.75, 3.05) is 13.2 Å². The molecule has 8 heteroatoms. The van der Waals surface area contributed by atoms with Crippen LogP contribution in [0.4, 0.5) is 0 Å². The lowest BCUT2D eigenvalue weighted by Crippen LogP contribution is -2.51. The first kappa shape index (κ1) is 18.0. The minimum absolute atomic E-state index is 0.184. The Balaban J connectivity index is 1.67. The standard InChI is InChI=1S/C15H20BrN3O3S/c1-10(22-12-5-2-4-11(16)8-12)14(20)18-19-15(23)17-9-13-6-3-7-21-13/h2,4-5,8,10,13H,3,6-7,9H2,1H3,(H,18,20)(H2,17,19,23)/t10-,13+/m1/s1. The fourth-order valence-electron chi connectivity index (χ4n) is 2.07. The summed E-state index contributed by atoms with van der Waals surface area (Å²) in [5, 5.41) is 3.36. The predicted octanol–water partition coefficient (Wildman–Crippen LogP) is 1.89. The summed E-state index contributed by atoms with van der Waals surface area (Å²) in [5.41, 5.74) is 5.18. The number of rotatable bonds is 5. The third-order valence-electron chi connectivity index (χ3n) is 3.29. The summed E-state index contributed by atoms with van der Waals surface area (Å²) in [7, 11) is 0. The molecule has 1 aromatic rings. The van der Waals surface area contributed by atoms with Gasteiger partial charge in [-0.2, -0.15) is 0 Å². The van der Waals surface area contributed by atoms with Crippen LogP contribution in [0.15, 0.2) is 28.7 Å². The average Bonchev–Trinajstić information content (AvgIpc) is 3.04. The molecule has 2 rings (SSSR count). The Kier molecular flexibility index (Phi) is 7.07. The van der Waals surface area contributed by atoms with Crippen molar-refractivity contribution in [1.29, 1.82) is 0 Å². The molecule has 0 radical (unpaired) electrons. The van der Waals surface area contributed by atoms with Gasteiger partial charge in [-0.15, -0.1) is 0 Å². The van der Waals surface area contributed by atoms with Gasteiger partial charge >= 0.3 is 0 Å². The zero-order chi connectivity index (χ0) is 16.7. The van der Waals surface area contributed by atoms with Crippen molar-refractivity contribution in [3.8, 4) is 5.75 Å². The summed E-state index contributed by atoms with van der Waals surface area (Å²) in [6.07, 6.45) is 1.63. The van der Waals surface area contributed by atoms with E-state index in [0.29, 0.717) is 17.4 Å². The van der Waals surface area contributed by atoms with Crippen molar-refractivity contribution in [2.24, 2.45) is 0 Å². The number of halogens is 1. The summed E-state index contributed by atoms with van der Waals surface area (Å²) < 4.78 is 11.9. The van der Waals surface area contributed by atoms with E-state index in [-0.39, 0.29) is 12.0 Å². The molecule has 0 bridgehead atoms. The fourth-order valence-corrected chi connectivity index (χ4v) is 2.59. The first-order valence-electron chi connectivity index (χ1n) is 7.42. The molecule has 6 nitrogen and oxygen atoms in total. The Morgan fingerprint density at radius 1 is 1.52 bits per heavy atom. The van der Waals surface area contributed by atoms with Gasteiger partial charge in [0, 0.05) is 17.6 Å². The van der Waals surface area contributed by atoms with Crippen LogP contribution in [-0.4, -0.2) is 36.4 Å². The second-order valence-electron chi connectivity index (χ2n) is 5.18. The van der Waals surface area contributed by atoms with Crippen LogP contribution in [0.1, 0.15) is 19.8 Å². The van der Waals surface area contributed by atoms with Gasteiger partial charge in [0.1, 0.15) is 5.75 Å². The highest BCUT2D eigenvalue weighted by molar-refractivity contribution is 9.10. The second-order valence-corrected chi connectivity index (χ2v) is 6.50. The van der Waals surface area contributed by atoms with E-state index in [1.54, 1.807) is 19.1 Å². The molecular formula is C15H20BrN3O3S. The topological polar surface area (TPSA) is 71.6 Å². The summed E-state index contributed by atoms with van der Waals surface area (Å²) in [4.78, 5) is 12.0. The molecule has 0 aromatic heterocycles. The van der Waals surface area contributed by atoms with Gasteiger partial charge in [0.05, 0.1) is 6.10 Å². The zero-order valence-corrected chi connectivity index (χ0v) is 15.2. The SMILES string of the molecule is C[C@@H](Oc1cccc(Br)c1)C(=O)NNC(=S)NC[C@@H]1CCCO1. The minimum atomic E-state index is -0.655. The molecule has 3 N–H and O–H groups in total. The number of hydrogen-bond acceptors (Lipinski definition) is 4. The molecule has 23 heavy (non-hydrogen) atoms. The van der Waals surface area contributed by atoms with E-state index in [9.17, 15) is 4.79 Å². The van der Waals surface area contributed by atoms with Gasteiger partial charge in [0.15, 0.2) is 11.2 Å². The molecule has 1 amide bonds. The van der Waals surface area contributed by atoms with Crippen molar-refractivity contribution in [1.82, 2.24) is 16.2 Å². The van der Waals surface area contributed by atoms with E-state index in [4.69, 9.17) is 21.7 Å². The van der Waals surface area contributed by atoms with Crippen molar-refractivity contribution >= 4 is 39.2 Å². The van der Waals surface area contributed by atoms with Gasteiger partial charge < -0.3 is 14.8 Å². The van der Waals surface area contributed by atoms with Crippen LogP contribution in [0.25, 0.3) is 0 Å². The van der Waals surface area contributed by atoms with Crippen LogP contribution in [0.3, 0.4) is 0 Å². The van der Waals surface area contributed by atoms with E-state index in [1.807, 2.05) is 12.1 Å². The van der Waals surface area contributed by atoms with Gasteiger partial charge in [-0.1, -0.05) is 22.0 Å². The quantitative estimate of drug-likeness (QED) is 0.516. The maximum Gasteiger partial charge on any atom is 0.279 e. The summed E-state index contributed by atoms with van der Waals surface area (Å²) in [6.45, 7) is 3.10. The van der Waals surface area contributed by atoms with Crippen molar-refractivity contribution in [2.45, 2.75) is 32.0 Å². The zero-order valence-electron chi connectivity index (χ0n) is 12.8. The van der Waals surface area contributed by atoms with Crippen LogP contribution in [0, 0.1) is 0 Å². The Labute approximate surface area is 149 Å². The normalized spacial score (nSPS) is 18.1.